The lowest BCUT2D eigenvalue weighted by Gasteiger charge is -2.34. The van der Waals surface area contributed by atoms with E-state index in [1.54, 1.807) is 29.6 Å². The summed E-state index contributed by atoms with van der Waals surface area (Å²) in [6.07, 6.45) is -0.416. The van der Waals surface area contributed by atoms with E-state index < -0.39 is 15.9 Å². The van der Waals surface area contributed by atoms with Gasteiger partial charge in [0.1, 0.15) is 5.82 Å². The monoisotopic (exact) mass is 475 g/mol. The van der Waals surface area contributed by atoms with E-state index in [0.717, 1.165) is 5.56 Å². The fraction of sp³-hybridized carbons (Fsp3) is 0.273. The molecule has 32 heavy (non-hydrogen) atoms. The highest BCUT2D eigenvalue weighted by atomic mass is 32.2. The van der Waals surface area contributed by atoms with E-state index in [1.807, 2.05) is 13.8 Å². The lowest BCUT2D eigenvalue weighted by Crippen LogP contribution is -2.48. The van der Waals surface area contributed by atoms with Crippen LogP contribution in [0.4, 0.5) is 9.52 Å². The molecule has 1 aliphatic rings. The number of sulfonamides is 1. The molecule has 0 radical (unpaired) electrons. The number of aromatic nitrogens is 1. The highest BCUT2D eigenvalue weighted by molar-refractivity contribution is 7.89. The number of thiazole rings is 1. The number of carbonyl (C=O) groups is 1. The van der Waals surface area contributed by atoms with E-state index in [2.05, 4.69) is 10.3 Å². The summed E-state index contributed by atoms with van der Waals surface area (Å²) < 4.78 is 46.3. The molecule has 1 fully saturated rings. The van der Waals surface area contributed by atoms with Crippen LogP contribution in [0.2, 0.25) is 0 Å². The van der Waals surface area contributed by atoms with Crippen molar-refractivity contribution in [2.75, 3.05) is 18.4 Å². The van der Waals surface area contributed by atoms with Crippen molar-refractivity contribution in [3.05, 3.63) is 65.3 Å². The van der Waals surface area contributed by atoms with Crippen molar-refractivity contribution in [2.24, 2.45) is 0 Å². The summed E-state index contributed by atoms with van der Waals surface area (Å²) in [6, 6.07) is 11.8. The van der Waals surface area contributed by atoms with E-state index >= 15 is 0 Å². The van der Waals surface area contributed by atoms with Crippen LogP contribution in [0.25, 0.3) is 11.3 Å². The molecule has 0 saturated carbocycles. The van der Waals surface area contributed by atoms with Crippen molar-refractivity contribution in [1.82, 2.24) is 9.29 Å². The van der Waals surface area contributed by atoms with Crippen molar-refractivity contribution >= 4 is 32.4 Å². The highest BCUT2D eigenvalue weighted by Gasteiger charge is 2.32. The lowest BCUT2D eigenvalue weighted by atomic mass is 10.2. The third-order valence-electron chi connectivity index (χ3n) is 4.98. The SMILES string of the molecule is C[C@@H]1CN(S(=O)(=O)c2cccc(C(=O)Nc3nc(-c4ccc(F)cc4)cs3)c2)C[C@H](C)O1. The first-order valence-corrected chi connectivity index (χ1v) is 12.3. The molecule has 2 heterocycles. The number of rotatable bonds is 5. The summed E-state index contributed by atoms with van der Waals surface area (Å²) in [5, 5.41) is 4.81. The Bertz CT molecular complexity index is 1220. The highest BCUT2D eigenvalue weighted by Crippen LogP contribution is 2.26. The third-order valence-corrected chi connectivity index (χ3v) is 7.57. The topological polar surface area (TPSA) is 88.6 Å². The molecular weight excluding hydrogens is 453 g/mol. The number of ether oxygens (including phenoxy) is 1. The minimum Gasteiger partial charge on any atom is -0.373 e. The summed E-state index contributed by atoms with van der Waals surface area (Å²) in [7, 11) is -3.76. The average Bonchev–Trinajstić information content (AvgIpc) is 3.22. The van der Waals surface area contributed by atoms with Crippen LogP contribution in [0.5, 0.6) is 0 Å². The van der Waals surface area contributed by atoms with Crippen LogP contribution in [-0.4, -0.2) is 48.9 Å². The summed E-state index contributed by atoms with van der Waals surface area (Å²) in [5.74, 6) is -0.806. The van der Waals surface area contributed by atoms with Crippen molar-refractivity contribution in [3.8, 4) is 11.3 Å². The van der Waals surface area contributed by atoms with E-state index in [-0.39, 0.29) is 41.6 Å². The number of halogens is 1. The van der Waals surface area contributed by atoms with Crippen molar-refractivity contribution in [3.63, 3.8) is 0 Å². The quantitative estimate of drug-likeness (QED) is 0.603. The molecule has 3 aromatic rings. The maximum Gasteiger partial charge on any atom is 0.257 e. The van der Waals surface area contributed by atoms with Gasteiger partial charge in [0.05, 0.1) is 22.8 Å². The molecule has 0 unspecified atom stereocenters. The van der Waals surface area contributed by atoms with Crippen LogP contribution in [0.1, 0.15) is 24.2 Å². The van der Waals surface area contributed by atoms with Gasteiger partial charge in [0.2, 0.25) is 10.0 Å². The zero-order chi connectivity index (χ0) is 22.9. The first-order chi connectivity index (χ1) is 15.2. The molecule has 2 atom stereocenters. The van der Waals surface area contributed by atoms with Crippen molar-refractivity contribution in [1.29, 1.82) is 0 Å². The molecule has 1 N–H and O–H groups in total. The van der Waals surface area contributed by atoms with Gasteiger partial charge in [-0.15, -0.1) is 11.3 Å². The molecule has 1 saturated heterocycles. The number of hydrogen-bond donors (Lipinski definition) is 1. The average molecular weight is 476 g/mol. The molecular formula is C22H22FN3O4S2. The number of nitrogens with one attached hydrogen (secondary N) is 1. The number of benzene rings is 2. The zero-order valence-electron chi connectivity index (χ0n) is 17.5. The fourth-order valence-corrected chi connectivity index (χ4v) is 5.88. The van der Waals surface area contributed by atoms with Gasteiger partial charge < -0.3 is 4.74 Å². The van der Waals surface area contributed by atoms with E-state index in [1.165, 1.54) is 39.9 Å². The lowest BCUT2D eigenvalue weighted by molar-refractivity contribution is -0.0440. The van der Waals surface area contributed by atoms with Crippen molar-refractivity contribution < 1.29 is 22.3 Å². The van der Waals surface area contributed by atoms with Gasteiger partial charge in [0.15, 0.2) is 5.13 Å². The van der Waals surface area contributed by atoms with Crippen LogP contribution >= 0.6 is 11.3 Å². The van der Waals surface area contributed by atoms with Crippen LogP contribution in [0, 0.1) is 5.82 Å². The van der Waals surface area contributed by atoms with Gasteiger partial charge in [-0.2, -0.15) is 4.31 Å². The Morgan fingerprint density at radius 3 is 2.53 bits per heavy atom. The summed E-state index contributed by atoms with van der Waals surface area (Å²) in [4.78, 5) is 17.2. The number of hydrogen-bond acceptors (Lipinski definition) is 6. The largest absolute Gasteiger partial charge is 0.373 e. The minimum atomic E-state index is -3.76. The number of nitrogens with zero attached hydrogens (tertiary/aromatic N) is 2. The summed E-state index contributed by atoms with van der Waals surface area (Å²) in [5.41, 5.74) is 1.54. The second kappa shape index (κ2) is 9.07. The first kappa shape index (κ1) is 22.5. The molecule has 2 aromatic carbocycles. The van der Waals surface area contributed by atoms with Crippen LogP contribution in [-0.2, 0) is 14.8 Å². The van der Waals surface area contributed by atoms with Gasteiger partial charge in [-0.1, -0.05) is 6.07 Å². The minimum absolute atomic E-state index is 0.0533. The standard InChI is InChI=1S/C22H22FN3O4S2/c1-14-11-26(12-15(2)30-14)32(28,29)19-5-3-4-17(10-19)21(27)25-22-24-20(13-31-22)16-6-8-18(23)9-7-16/h3-10,13-15H,11-12H2,1-2H3,(H,24,25,27)/t14-,15+. The second-order valence-electron chi connectivity index (χ2n) is 7.61. The van der Waals surface area contributed by atoms with Crippen molar-refractivity contribution in [2.45, 2.75) is 31.0 Å². The van der Waals surface area contributed by atoms with Crippen LogP contribution in [0.3, 0.4) is 0 Å². The molecule has 1 amide bonds. The molecule has 168 valence electrons. The predicted octanol–water partition coefficient (Wildman–Crippen LogP) is 4.00. The number of anilines is 1. The molecule has 1 aliphatic heterocycles. The summed E-state index contributed by atoms with van der Waals surface area (Å²) in [6.45, 7) is 4.18. The third kappa shape index (κ3) is 4.88. The van der Waals surface area contributed by atoms with Gasteiger partial charge in [0, 0.05) is 29.6 Å². The Morgan fingerprint density at radius 2 is 1.84 bits per heavy atom. The fourth-order valence-electron chi connectivity index (χ4n) is 3.53. The van der Waals surface area contributed by atoms with Crippen LogP contribution in [0.15, 0.2) is 58.8 Å². The van der Waals surface area contributed by atoms with Gasteiger partial charge >= 0.3 is 0 Å². The Balaban J connectivity index is 1.51. The van der Waals surface area contributed by atoms with Gasteiger partial charge in [0.25, 0.3) is 5.91 Å². The van der Waals surface area contributed by atoms with Gasteiger partial charge in [-0.05, 0) is 56.3 Å². The van der Waals surface area contributed by atoms with Crippen LogP contribution < -0.4 is 5.32 Å². The number of carbonyl (C=O) groups excluding carboxylic acids is 1. The predicted molar refractivity (Wildman–Crippen MR) is 121 cm³/mol. The number of morpholine rings is 1. The van der Waals surface area contributed by atoms with E-state index in [9.17, 15) is 17.6 Å². The molecule has 7 nitrogen and oxygen atoms in total. The normalized spacial score (nSPS) is 19.6. The molecule has 0 spiro atoms. The maximum atomic E-state index is 13.1. The molecule has 4 rings (SSSR count). The second-order valence-corrected chi connectivity index (χ2v) is 10.4. The zero-order valence-corrected chi connectivity index (χ0v) is 19.1. The van der Waals surface area contributed by atoms with Gasteiger partial charge in [-0.25, -0.2) is 17.8 Å². The van der Waals surface area contributed by atoms with Gasteiger partial charge in [-0.3, -0.25) is 10.1 Å². The summed E-state index contributed by atoms with van der Waals surface area (Å²) >= 11 is 1.23. The molecule has 0 aliphatic carbocycles. The first-order valence-electron chi connectivity index (χ1n) is 10.0. The van der Waals surface area contributed by atoms with E-state index in [0.29, 0.717) is 10.8 Å². The van der Waals surface area contributed by atoms with E-state index in [4.69, 9.17) is 4.74 Å². The molecule has 10 heteroatoms. The number of amides is 1. The Kier molecular flexibility index (Phi) is 6.38. The smallest absolute Gasteiger partial charge is 0.257 e. The Hall–Kier alpha value is -2.66. The Labute approximate surface area is 189 Å². The molecule has 1 aromatic heterocycles. The Morgan fingerprint density at radius 1 is 1.16 bits per heavy atom. The molecule has 0 bridgehead atoms. The maximum absolute atomic E-state index is 13.1.